The van der Waals surface area contributed by atoms with Crippen molar-refractivity contribution in [1.82, 2.24) is 10.2 Å². The number of hydrogen-bond acceptors (Lipinski definition) is 3. The van der Waals surface area contributed by atoms with E-state index < -0.39 is 17.5 Å². The van der Waals surface area contributed by atoms with Crippen LogP contribution >= 0.6 is 0 Å². The summed E-state index contributed by atoms with van der Waals surface area (Å²) in [6, 6.07) is 1.57. The summed E-state index contributed by atoms with van der Waals surface area (Å²) in [6.07, 6.45) is 1.01. The standard InChI is InChI=1S/C8H3F3N2O/c9-5-1-4(2-6(10)7(5)11)8-13-12-3-14-8/h1-3H. The largest absolute Gasteiger partial charge is 0.423 e. The Bertz CT molecular complexity index is 433. The minimum atomic E-state index is -1.52. The highest BCUT2D eigenvalue weighted by Gasteiger charge is 2.13. The molecule has 0 aliphatic carbocycles. The van der Waals surface area contributed by atoms with Gasteiger partial charge in [-0.25, -0.2) is 13.2 Å². The third kappa shape index (κ3) is 1.34. The fourth-order valence-corrected chi connectivity index (χ4v) is 0.978. The molecule has 0 unspecified atom stereocenters. The monoisotopic (exact) mass is 200 g/mol. The lowest BCUT2D eigenvalue weighted by Gasteiger charge is -1.97. The first-order valence-corrected chi connectivity index (χ1v) is 3.59. The molecular weight excluding hydrogens is 197 g/mol. The third-order valence-electron chi connectivity index (χ3n) is 1.59. The van der Waals surface area contributed by atoms with Gasteiger partial charge in [0, 0.05) is 5.56 Å². The molecule has 6 heteroatoms. The maximum absolute atomic E-state index is 12.7. The van der Waals surface area contributed by atoms with E-state index in [0.29, 0.717) is 0 Å². The van der Waals surface area contributed by atoms with Crippen LogP contribution in [0, 0.1) is 17.5 Å². The van der Waals surface area contributed by atoms with Gasteiger partial charge < -0.3 is 4.42 Å². The zero-order valence-corrected chi connectivity index (χ0v) is 6.67. The summed E-state index contributed by atoms with van der Waals surface area (Å²) < 4.78 is 42.7. The number of rotatable bonds is 1. The van der Waals surface area contributed by atoms with Crippen LogP contribution < -0.4 is 0 Å². The molecule has 0 atom stereocenters. The average Bonchev–Trinajstić information content (AvgIpc) is 2.66. The molecule has 72 valence electrons. The Labute approximate surface area is 76.2 Å². The van der Waals surface area contributed by atoms with Crippen LogP contribution in [0.4, 0.5) is 13.2 Å². The molecule has 2 aromatic rings. The van der Waals surface area contributed by atoms with Crippen molar-refractivity contribution in [2.24, 2.45) is 0 Å². The predicted molar refractivity (Wildman–Crippen MR) is 39.6 cm³/mol. The van der Waals surface area contributed by atoms with Crippen LogP contribution in [0.3, 0.4) is 0 Å². The molecule has 0 bridgehead atoms. The molecule has 1 aromatic carbocycles. The van der Waals surface area contributed by atoms with Crippen molar-refractivity contribution in [1.29, 1.82) is 0 Å². The Hall–Kier alpha value is -1.85. The van der Waals surface area contributed by atoms with Crippen LogP contribution in [0.15, 0.2) is 22.9 Å². The van der Waals surface area contributed by atoms with Crippen LogP contribution in [-0.2, 0) is 0 Å². The zero-order valence-electron chi connectivity index (χ0n) is 6.67. The SMILES string of the molecule is Fc1cc(-c2nnco2)cc(F)c1F. The number of aromatic nitrogens is 2. The molecule has 0 aliphatic heterocycles. The number of nitrogens with zero attached hydrogens (tertiary/aromatic N) is 2. The molecule has 2 rings (SSSR count). The van der Waals surface area contributed by atoms with Crippen molar-refractivity contribution < 1.29 is 17.6 Å². The van der Waals surface area contributed by atoms with Crippen LogP contribution in [0.5, 0.6) is 0 Å². The second kappa shape index (κ2) is 3.13. The van der Waals surface area contributed by atoms with Gasteiger partial charge in [0.15, 0.2) is 17.5 Å². The van der Waals surface area contributed by atoms with Gasteiger partial charge in [0.05, 0.1) is 0 Å². The van der Waals surface area contributed by atoms with E-state index in [-0.39, 0.29) is 11.5 Å². The van der Waals surface area contributed by atoms with E-state index in [0.717, 1.165) is 18.5 Å². The highest BCUT2D eigenvalue weighted by Crippen LogP contribution is 2.21. The van der Waals surface area contributed by atoms with Gasteiger partial charge in [-0.1, -0.05) is 0 Å². The van der Waals surface area contributed by atoms with Crippen LogP contribution in [-0.4, -0.2) is 10.2 Å². The summed E-state index contributed by atoms with van der Waals surface area (Å²) in [5, 5.41) is 6.75. The smallest absolute Gasteiger partial charge is 0.247 e. The second-order valence-corrected chi connectivity index (χ2v) is 2.50. The molecular formula is C8H3F3N2O. The van der Waals surface area contributed by atoms with Crippen LogP contribution in [0.1, 0.15) is 0 Å². The van der Waals surface area contributed by atoms with Gasteiger partial charge in [0.2, 0.25) is 12.3 Å². The first-order chi connectivity index (χ1) is 6.68. The van der Waals surface area contributed by atoms with Gasteiger partial charge in [-0.2, -0.15) is 0 Å². The molecule has 0 aliphatic rings. The van der Waals surface area contributed by atoms with Crippen molar-refractivity contribution in [3.8, 4) is 11.5 Å². The van der Waals surface area contributed by atoms with Crippen molar-refractivity contribution >= 4 is 0 Å². The van der Waals surface area contributed by atoms with Gasteiger partial charge in [-0.15, -0.1) is 10.2 Å². The first kappa shape index (κ1) is 8.74. The molecule has 0 amide bonds. The summed E-state index contributed by atoms with van der Waals surface area (Å²) in [6.45, 7) is 0. The van der Waals surface area contributed by atoms with Crippen molar-refractivity contribution in [2.45, 2.75) is 0 Å². The maximum atomic E-state index is 12.7. The third-order valence-corrected chi connectivity index (χ3v) is 1.59. The molecule has 14 heavy (non-hydrogen) atoms. The quantitative estimate of drug-likeness (QED) is 0.662. The molecule has 0 N–H and O–H groups in total. The minimum absolute atomic E-state index is 0.00102. The highest BCUT2D eigenvalue weighted by atomic mass is 19.2. The molecule has 0 saturated carbocycles. The Balaban J connectivity index is 2.57. The highest BCUT2D eigenvalue weighted by molar-refractivity contribution is 5.52. The lowest BCUT2D eigenvalue weighted by molar-refractivity contribution is 0.446. The van der Waals surface area contributed by atoms with Gasteiger partial charge >= 0.3 is 0 Å². The molecule has 0 spiro atoms. The summed E-state index contributed by atoms with van der Waals surface area (Å²) >= 11 is 0. The molecule has 0 radical (unpaired) electrons. The Morgan fingerprint density at radius 3 is 2.21 bits per heavy atom. The Morgan fingerprint density at radius 2 is 1.71 bits per heavy atom. The Morgan fingerprint density at radius 1 is 1.07 bits per heavy atom. The van der Waals surface area contributed by atoms with Crippen LogP contribution in [0.2, 0.25) is 0 Å². The number of benzene rings is 1. The number of hydrogen-bond donors (Lipinski definition) is 0. The van der Waals surface area contributed by atoms with Crippen molar-refractivity contribution in [3.63, 3.8) is 0 Å². The minimum Gasteiger partial charge on any atom is -0.423 e. The number of halogens is 3. The molecule has 3 nitrogen and oxygen atoms in total. The predicted octanol–water partition coefficient (Wildman–Crippen LogP) is 2.15. The lowest BCUT2D eigenvalue weighted by atomic mass is 10.2. The molecule has 1 aromatic heterocycles. The second-order valence-electron chi connectivity index (χ2n) is 2.50. The zero-order chi connectivity index (χ0) is 10.1. The van der Waals surface area contributed by atoms with E-state index in [9.17, 15) is 13.2 Å². The van der Waals surface area contributed by atoms with E-state index in [4.69, 9.17) is 4.42 Å². The van der Waals surface area contributed by atoms with Crippen molar-refractivity contribution in [3.05, 3.63) is 36.0 Å². The molecule has 0 saturated heterocycles. The average molecular weight is 200 g/mol. The summed E-state index contributed by atoms with van der Waals surface area (Å²) in [5.74, 6) is -4.17. The van der Waals surface area contributed by atoms with Gasteiger partial charge in [0.25, 0.3) is 0 Å². The molecule has 0 fully saturated rings. The topological polar surface area (TPSA) is 38.9 Å². The van der Waals surface area contributed by atoms with Gasteiger partial charge in [-0.3, -0.25) is 0 Å². The summed E-state index contributed by atoms with van der Waals surface area (Å²) in [4.78, 5) is 0. The summed E-state index contributed by atoms with van der Waals surface area (Å²) in [7, 11) is 0. The normalized spacial score (nSPS) is 10.5. The fraction of sp³-hybridized carbons (Fsp3) is 0. The maximum Gasteiger partial charge on any atom is 0.247 e. The summed E-state index contributed by atoms with van der Waals surface area (Å²) in [5.41, 5.74) is -0.00102. The van der Waals surface area contributed by atoms with Crippen LogP contribution in [0.25, 0.3) is 11.5 Å². The van der Waals surface area contributed by atoms with Gasteiger partial charge in [-0.05, 0) is 12.1 Å². The fourth-order valence-electron chi connectivity index (χ4n) is 0.978. The lowest BCUT2D eigenvalue weighted by Crippen LogP contribution is -1.91. The molecule has 1 heterocycles. The van der Waals surface area contributed by atoms with E-state index >= 15 is 0 Å². The van der Waals surface area contributed by atoms with E-state index in [2.05, 4.69) is 10.2 Å². The van der Waals surface area contributed by atoms with Gasteiger partial charge in [0.1, 0.15) is 0 Å². The van der Waals surface area contributed by atoms with E-state index in [1.807, 2.05) is 0 Å². The van der Waals surface area contributed by atoms with E-state index in [1.165, 1.54) is 0 Å². The van der Waals surface area contributed by atoms with E-state index in [1.54, 1.807) is 0 Å². The Kier molecular flexibility index (Phi) is 1.95. The first-order valence-electron chi connectivity index (χ1n) is 3.59. The van der Waals surface area contributed by atoms with Crippen molar-refractivity contribution in [2.75, 3.05) is 0 Å².